The lowest BCUT2D eigenvalue weighted by molar-refractivity contribution is 0.586. The predicted molar refractivity (Wildman–Crippen MR) is 72.5 cm³/mol. The maximum atomic E-state index is 11.4. The average Bonchev–Trinajstić information content (AvgIpc) is 2.37. The minimum Gasteiger partial charge on any atom is -0.368 e. The highest BCUT2D eigenvalue weighted by molar-refractivity contribution is 7.91. The zero-order chi connectivity index (χ0) is 13.0. The van der Waals surface area contributed by atoms with Gasteiger partial charge in [-0.1, -0.05) is 6.92 Å². The molecule has 1 saturated heterocycles. The van der Waals surface area contributed by atoms with Crippen molar-refractivity contribution in [1.82, 2.24) is 10.3 Å². The number of hydrogen-bond donors (Lipinski definition) is 1. The molecule has 1 aliphatic heterocycles. The molecule has 0 spiro atoms. The molecule has 0 radical (unpaired) electrons. The first-order chi connectivity index (χ1) is 8.62. The molecule has 1 aromatic rings. The molecule has 0 aliphatic carbocycles. The van der Waals surface area contributed by atoms with Gasteiger partial charge in [0.05, 0.1) is 23.4 Å². The van der Waals surface area contributed by atoms with E-state index in [4.69, 9.17) is 0 Å². The van der Waals surface area contributed by atoms with Gasteiger partial charge in [-0.25, -0.2) is 8.42 Å². The third kappa shape index (κ3) is 3.20. The van der Waals surface area contributed by atoms with E-state index in [2.05, 4.69) is 22.1 Å². The molecule has 100 valence electrons. The summed E-state index contributed by atoms with van der Waals surface area (Å²) in [5.41, 5.74) is 2.22. The molecule has 0 amide bonds. The number of anilines is 1. The van der Waals surface area contributed by atoms with Crippen molar-refractivity contribution in [3.63, 3.8) is 0 Å². The molecule has 1 aromatic heterocycles. The van der Waals surface area contributed by atoms with Crippen molar-refractivity contribution in [2.75, 3.05) is 36.0 Å². The van der Waals surface area contributed by atoms with Crippen molar-refractivity contribution in [1.29, 1.82) is 0 Å². The summed E-state index contributed by atoms with van der Waals surface area (Å²) in [7, 11) is -2.83. The number of nitrogens with zero attached hydrogens (tertiary/aromatic N) is 2. The number of aromatic nitrogens is 1. The van der Waals surface area contributed by atoms with Crippen molar-refractivity contribution in [2.45, 2.75) is 13.5 Å². The Labute approximate surface area is 108 Å². The van der Waals surface area contributed by atoms with Crippen LogP contribution in [0.1, 0.15) is 12.5 Å². The topological polar surface area (TPSA) is 62.3 Å². The highest BCUT2D eigenvalue weighted by Crippen LogP contribution is 2.21. The van der Waals surface area contributed by atoms with Gasteiger partial charge < -0.3 is 10.2 Å². The van der Waals surface area contributed by atoms with Crippen LogP contribution in [0.15, 0.2) is 18.5 Å². The fourth-order valence-corrected chi connectivity index (χ4v) is 3.26. The minimum absolute atomic E-state index is 0.239. The first-order valence-electron chi connectivity index (χ1n) is 6.21. The van der Waals surface area contributed by atoms with Crippen LogP contribution in [-0.2, 0) is 16.4 Å². The lowest BCUT2D eigenvalue weighted by Gasteiger charge is -2.30. The standard InChI is InChI=1S/C12H19N3O2S/c1-2-13-9-11-3-4-14-10-12(11)15-5-7-18(16,17)8-6-15/h3-4,10,13H,2,5-9H2,1H3. The predicted octanol–water partition coefficient (Wildman–Crippen LogP) is 0.426. The van der Waals surface area contributed by atoms with Gasteiger partial charge in [0.1, 0.15) is 0 Å². The zero-order valence-electron chi connectivity index (χ0n) is 10.6. The van der Waals surface area contributed by atoms with Crippen LogP contribution in [0.4, 0.5) is 5.69 Å². The molecular formula is C12H19N3O2S. The minimum atomic E-state index is -2.83. The van der Waals surface area contributed by atoms with E-state index in [9.17, 15) is 8.42 Å². The van der Waals surface area contributed by atoms with Crippen molar-refractivity contribution < 1.29 is 8.42 Å². The van der Waals surface area contributed by atoms with E-state index >= 15 is 0 Å². The fourth-order valence-electron chi connectivity index (χ4n) is 2.06. The molecule has 2 rings (SSSR count). The van der Waals surface area contributed by atoms with E-state index in [1.165, 1.54) is 5.56 Å². The molecule has 1 fully saturated rings. The van der Waals surface area contributed by atoms with Crippen LogP contribution in [0.5, 0.6) is 0 Å². The lowest BCUT2D eigenvalue weighted by Crippen LogP contribution is -2.41. The molecule has 0 aromatic carbocycles. The van der Waals surface area contributed by atoms with E-state index < -0.39 is 9.84 Å². The Hall–Kier alpha value is -1.14. The van der Waals surface area contributed by atoms with Crippen LogP contribution >= 0.6 is 0 Å². The second-order valence-electron chi connectivity index (χ2n) is 4.42. The highest BCUT2D eigenvalue weighted by atomic mass is 32.2. The maximum Gasteiger partial charge on any atom is 0.153 e. The average molecular weight is 269 g/mol. The second-order valence-corrected chi connectivity index (χ2v) is 6.73. The van der Waals surface area contributed by atoms with Crippen LogP contribution < -0.4 is 10.2 Å². The summed E-state index contributed by atoms with van der Waals surface area (Å²) < 4.78 is 22.9. The number of nitrogens with one attached hydrogen (secondary N) is 1. The van der Waals surface area contributed by atoms with Crippen molar-refractivity contribution in [2.24, 2.45) is 0 Å². The first-order valence-corrected chi connectivity index (χ1v) is 8.03. The van der Waals surface area contributed by atoms with Gasteiger partial charge in [0.2, 0.25) is 0 Å². The van der Waals surface area contributed by atoms with Gasteiger partial charge in [-0.15, -0.1) is 0 Å². The molecule has 1 aliphatic rings. The summed E-state index contributed by atoms with van der Waals surface area (Å²) >= 11 is 0. The Bertz CT molecular complexity index is 488. The quantitative estimate of drug-likeness (QED) is 0.858. The van der Waals surface area contributed by atoms with E-state index in [1.54, 1.807) is 6.20 Å². The summed E-state index contributed by atoms with van der Waals surface area (Å²) in [5, 5.41) is 3.29. The molecule has 0 atom stereocenters. The number of pyridine rings is 1. The zero-order valence-corrected chi connectivity index (χ0v) is 11.4. The molecule has 2 heterocycles. The third-order valence-electron chi connectivity index (χ3n) is 3.14. The van der Waals surface area contributed by atoms with E-state index in [-0.39, 0.29) is 11.5 Å². The first kappa shape index (κ1) is 13.3. The van der Waals surface area contributed by atoms with E-state index in [1.807, 2.05) is 12.3 Å². The molecular weight excluding hydrogens is 250 g/mol. The van der Waals surface area contributed by atoms with Crippen LogP contribution in [0.3, 0.4) is 0 Å². The Morgan fingerprint density at radius 1 is 1.39 bits per heavy atom. The summed E-state index contributed by atoms with van der Waals surface area (Å²) in [6.45, 7) is 4.89. The largest absolute Gasteiger partial charge is 0.368 e. The Morgan fingerprint density at radius 2 is 2.11 bits per heavy atom. The van der Waals surface area contributed by atoms with Crippen LogP contribution in [-0.4, -0.2) is 44.5 Å². The molecule has 0 unspecified atom stereocenters. The summed E-state index contributed by atoms with van der Waals surface area (Å²) in [6.07, 6.45) is 3.60. The molecule has 5 nitrogen and oxygen atoms in total. The third-order valence-corrected chi connectivity index (χ3v) is 4.75. The van der Waals surface area contributed by atoms with E-state index in [0.29, 0.717) is 13.1 Å². The Balaban J connectivity index is 2.13. The maximum absolute atomic E-state index is 11.4. The lowest BCUT2D eigenvalue weighted by atomic mass is 10.2. The highest BCUT2D eigenvalue weighted by Gasteiger charge is 2.23. The monoisotopic (exact) mass is 269 g/mol. The van der Waals surface area contributed by atoms with Gasteiger partial charge >= 0.3 is 0 Å². The van der Waals surface area contributed by atoms with Gasteiger partial charge in [-0.2, -0.15) is 0 Å². The van der Waals surface area contributed by atoms with Crippen LogP contribution in [0.2, 0.25) is 0 Å². The Kier molecular flexibility index (Phi) is 4.19. The summed E-state index contributed by atoms with van der Waals surface area (Å²) in [5.74, 6) is 0.477. The van der Waals surface area contributed by atoms with Crippen molar-refractivity contribution in [3.8, 4) is 0 Å². The number of rotatable bonds is 4. The van der Waals surface area contributed by atoms with Gasteiger partial charge in [0.25, 0.3) is 0 Å². The summed E-state index contributed by atoms with van der Waals surface area (Å²) in [6, 6.07) is 1.99. The normalized spacial score (nSPS) is 18.8. The Morgan fingerprint density at radius 3 is 2.78 bits per heavy atom. The van der Waals surface area contributed by atoms with Crippen LogP contribution in [0, 0.1) is 0 Å². The van der Waals surface area contributed by atoms with Crippen molar-refractivity contribution in [3.05, 3.63) is 24.0 Å². The van der Waals surface area contributed by atoms with Gasteiger partial charge in [-0.3, -0.25) is 4.98 Å². The molecule has 0 saturated carbocycles. The summed E-state index contributed by atoms with van der Waals surface area (Å²) in [4.78, 5) is 6.26. The van der Waals surface area contributed by atoms with E-state index in [0.717, 1.165) is 18.8 Å². The SMILES string of the molecule is CCNCc1ccncc1N1CCS(=O)(=O)CC1. The number of sulfone groups is 1. The molecule has 0 bridgehead atoms. The number of hydrogen-bond acceptors (Lipinski definition) is 5. The second kappa shape index (κ2) is 5.67. The molecule has 18 heavy (non-hydrogen) atoms. The fraction of sp³-hybridized carbons (Fsp3) is 0.583. The van der Waals surface area contributed by atoms with Gasteiger partial charge in [-0.05, 0) is 18.2 Å². The van der Waals surface area contributed by atoms with Gasteiger partial charge in [0, 0.05) is 25.8 Å². The van der Waals surface area contributed by atoms with Crippen molar-refractivity contribution >= 4 is 15.5 Å². The van der Waals surface area contributed by atoms with Gasteiger partial charge in [0.15, 0.2) is 9.84 Å². The molecule has 6 heteroatoms. The van der Waals surface area contributed by atoms with Crippen LogP contribution in [0.25, 0.3) is 0 Å². The smallest absolute Gasteiger partial charge is 0.153 e. The molecule has 1 N–H and O–H groups in total.